The molecule has 1 amide bonds. The minimum absolute atomic E-state index is 0.0161. The summed E-state index contributed by atoms with van der Waals surface area (Å²) in [5.74, 6) is 1.12. The lowest BCUT2D eigenvalue weighted by atomic mass is 10.1. The molecule has 0 bridgehead atoms. The lowest BCUT2D eigenvalue weighted by Crippen LogP contribution is -2.33. The average molecular weight is 340 g/mol. The molecular weight excluding hydrogens is 316 g/mol. The number of nitrogens with one attached hydrogen (secondary N) is 1. The Balaban J connectivity index is 1.59. The molecule has 1 aliphatic heterocycles. The van der Waals surface area contributed by atoms with Gasteiger partial charge in [-0.3, -0.25) is 4.79 Å². The van der Waals surface area contributed by atoms with Gasteiger partial charge in [0, 0.05) is 35.8 Å². The maximum atomic E-state index is 12.5. The van der Waals surface area contributed by atoms with Crippen LogP contribution in [0.15, 0.2) is 53.4 Å². The lowest BCUT2D eigenvalue weighted by Gasteiger charge is -2.27. The fraction of sp³-hybridized carbons (Fsp3) is 0.350. The Hall–Kier alpha value is -1.94. The van der Waals surface area contributed by atoms with Crippen molar-refractivity contribution in [2.45, 2.75) is 30.7 Å². The molecule has 1 N–H and O–H groups in total. The zero-order valence-corrected chi connectivity index (χ0v) is 15.1. The second-order valence-corrected chi connectivity index (χ2v) is 7.49. The number of fused-ring (bicyclic) bond motifs is 1. The summed E-state index contributed by atoms with van der Waals surface area (Å²) < 4.78 is 0. The molecule has 1 heterocycles. The summed E-state index contributed by atoms with van der Waals surface area (Å²) in [6.07, 6.45) is 1.92. The maximum absolute atomic E-state index is 12.5. The highest BCUT2D eigenvalue weighted by Gasteiger charge is 2.17. The molecule has 0 aliphatic carbocycles. The van der Waals surface area contributed by atoms with Crippen molar-refractivity contribution in [3.63, 3.8) is 0 Å². The van der Waals surface area contributed by atoms with Gasteiger partial charge in [0.1, 0.15) is 0 Å². The quantitative estimate of drug-likeness (QED) is 0.893. The monoisotopic (exact) mass is 340 g/mol. The third-order valence-corrected chi connectivity index (χ3v) is 5.45. The number of hydrogen-bond acceptors (Lipinski definition) is 3. The van der Waals surface area contributed by atoms with Gasteiger partial charge < -0.3 is 10.2 Å². The Morgan fingerprint density at radius 2 is 2.04 bits per heavy atom. The second kappa shape index (κ2) is 7.75. The number of anilines is 1. The van der Waals surface area contributed by atoms with Crippen LogP contribution in [0, 0.1) is 0 Å². The van der Waals surface area contributed by atoms with Gasteiger partial charge in [-0.25, -0.2) is 0 Å². The first-order valence-corrected chi connectivity index (χ1v) is 9.45. The first-order chi connectivity index (χ1) is 11.6. The number of amides is 1. The van der Waals surface area contributed by atoms with Gasteiger partial charge in [-0.05, 0) is 43.5 Å². The van der Waals surface area contributed by atoms with Gasteiger partial charge in [-0.1, -0.05) is 30.3 Å². The van der Waals surface area contributed by atoms with E-state index in [9.17, 15) is 4.79 Å². The number of hydrogen-bond donors (Lipinski definition) is 1. The van der Waals surface area contributed by atoms with E-state index in [1.54, 1.807) is 0 Å². The molecular formula is C20H24N2OS. The average Bonchev–Trinajstić information content (AvgIpc) is 2.61. The van der Waals surface area contributed by atoms with E-state index in [1.807, 2.05) is 30.0 Å². The van der Waals surface area contributed by atoms with Gasteiger partial charge in [0.15, 0.2) is 0 Å². The van der Waals surface area contributed by atoms with Crippen LogP contribution < -0.4 is 10.2 Å². The van der Waals surface area contributed by atoms with E-state index < -0.39 is 0 Å². The van der Waals surface area contributed by atoms with Crippen molar-refractivity contribution in [1.29, 1.82) is 0 Å². The Labute approximate surface area is 148 Å². The van der Waals surface area contributed by atoms with Gasteiger partial charge in [0.2, 0.25) is 0 Å². The van der Waals surface area contributed by atoms with Crippen molar-refractivity contribution in [1.82, 2.24) is 5.32 Å². The van der Waals surface area contributed by atoms with Crippen molar-refractivity contribution in [3.8, 4) is 0 Å². The predicted octanol–water partition coefficient (Wildman–Crippen LogP) is 3.98. The Morgan fingerprint density at radius 1 is 1.25 bits per heavy atom. The molecule has 4 heteroatoms. The molecule has 0 fully saturated rings. The summed E-state index contributed by atoms with van der Waals surface area (Å²) in [6.45, 7) is 3.09. The first-order valence-electron chi connectivity index (χ1n) is 8.46. The molecule has 3 nitrogen and oxygen atoms in total. The molecule has 2 aromatic carbocycles. The van der Waals surface area contributed by atoms with E-state index in [-0.39, 0.29) is 11.9 Å². The number of carbonyl (C=O) groups is 1. The minimum atomic E-state index is 0.0161. The van der Waals surface area contributed by atoms with Crippen LogP contribution in [-0.2, 0) is 6.42 Å². The molecule has 2 aromatic rings. The summed E-state index contributed by atoms with van der Waals surface area (Å²) in [7, 11) is 2.09. The second-order valence-electron chi connectivity index (χ2n) is 6.35. The number of carbonyl (C=O) groups excluding carboxylic acids is 1. The van der Waals surface area contributed by atoms with Crippen molar-refractivity contribution < 1.29 is 4.79 Å². The number of thioether (sulfide) groups is 1. The van der Waals surface area contributed by atoms with E-state index in [1.165, 1.54) is 10.5 Å². The topological polar surface area (TPSA) is 32.3 Å². The summed E-state index contributed by atoms with van der Waals surface area (Å²) >= 11 is 1.86. The molecule has 0 spiro atoms. The summed E-state index contributed by atoms with van der Waals surface area (Å²) in [5, 5.41) is 3.12. The van der Waals surface area contributed by atoms with Gasteiger partial charge >= 0.3 is 0 Å². The van der Waals surface area contributed by atoms with Crippen LogP contribution in [0.1, 0.15) is 29.3 Å². The van der Waals surface area contributed by atoms with E-state index >= 15 is 0 Å². The summed E-state index contributed by atoms with van der Waals surface area (Å²) in [4.78, 5) is 16.0. The highest BCUT2D eigenvalue weighted by atomic mass is 32.2. The fourth-order valence-corrected chi connectivity index (χ4v) is 4.01. The number of rotatable bonds is 5. The Kier molecular flexibility index (Phi) is 5.46. The molecule has 24 heavy (non-hydrogen) atoms. The van der Waals surface area contributed by atoms with Crippen LogP contribution in [0.4, 0.5) is 5.69 Å². The smallest absolute Gasteiger partial charge is 0.251 e. The zero-order chi connectivity index (χ0) is 16.9. The molecule has 3 rings (SSSR count). The molecule has 0 saturated carbocycles. The number of nitrogens with zero attached hydrogens (tertiary/aromatic N) is 1. The maximum Gasteiger partial charge on any atom is 0.251 e. The molecule has 0 aromatic heterocycles. The highest BCUT2D eigenvalue weighted by Crippen LogP contribution is 2.34. The zero-order valence-electron chi connectivity index (χ0n) is 14.3. The lowest BCUT2D eigenvalue weighted by molar-refractivity contribution is 0.0938. The normalized spacial score (nSPS) is 14.8. The third kappa shape index (κ3) is 4.12. The van der Waals surface area contributed by atoms with Gasteiger partial charge in [0.25, 0.3) is 5.91 Å². The van der Waals surface area contributed by atoms with Gasteiger partial charge in [-0.15, -0.1) is 11.8 Å². The first kappa shape index (κ1) is 16.9. The van der Waals surface area contributed by atoms with Crippen molar-refractivity contribution >= 4 is 23.4 Å². The molecule has 1 aliphatic rings. The largest absolute Gasteiger partial charge is 0.373 e. The van der Waals surface area contributed by atoms with Crippen LogP contribution in [0.3, 0.4) is 0 Å². The van der Waals surface area contributed by atoms with Crippen LogP contribution in [-0.4, -0.2) is 31.3 Å². The molecule has 0 saturated heterocycles. The predicted molar refractivity (Wildman–Crippen MR) is 102 cm³/mol. The Morgan fingerprint density at radius 3 is 2.83 bits per heavy atom. The number of benzene rings is 2. The van der Waals surface area contributed by atoms with Crippen molar-refractivity contribution in [3.05, 3.63) is 59.7 Å². The minimum Gasteiger partial charge on any atom is -0.373 e. The van der Waals surface area contributed by atoms with Gasteiger partial charge in [0.05, 0.1) is 5.69 Å². The van der Waals surface area contributed by atoms with Gasteiger partial charge in [-0.2, -0.15) is 0 Å². The SMILES string of the molecule is CC(CCc1ccccc1)NC(=O)c1ccc2c(c1)N(C)CCS2. The van der Waals surface area contributed by atoms with E-state index in [0.717, 1.165) is 36.4 Å². The van der Waals surface area contributed by atoms with Crippen LogP contribution >= 0.6 is 11.8 Å². The fourth-order valence-electron chi connectivity index (χ4n) is 2.90. The van der Waals surface area contributed by atoms with E-state index in [2.05, 4.69) is 54.5 Å². The van der Waals surface area contributed by atoms with Crippen LogP contribution in [0.2, 0.25) is 0 Å². The van der Waals surface area contributed by atoms with Crippen LogP contribution in [0.5, 0.6) is 0 Å². The van der Waals surface area contributed by atoms with Crippen molar-refractivity contribution in [2.24, 2.45) is 0 Å². The molecule has 0 radical (unpaired) electrons. The molecule has 1 unspecified atom stereocenters. The third-order valence-electron chi connectivity index (χ3n) is 4.40. The summed E-state index contributed by atoms with van der Waals surface area (Å²) in [5.41, 5.74) is 3.22. The van der Waals surface area contributed by atoms with E-state index in [4.69, 9.17) is 0 Å². The van der Waals surface area contributed by atoms with E-state index in [0.29, 0.717) is 0 Å². The van der Waals surface area contributed by atoms with Crippen LogP contribution in [0.25, 0.3) is 0 Å². The summed E-state index contributed by atoms with van der Waals surface area (Å²) in [6, 6.07) is 16.6. The Bertz CT molecular complexity index is 702. The highest BCUT2D eigenvalue weighted by molar-refractivity contribution is 7.99. The standard InChI is InChI=1S/C20H24N2OS/c1-15(8-9-16-6-4-3-5-7-16)21-20(23)17-10-11-19-18(14-17)22(2)12-13-24-19/h3-7,10-11,14-15H,8-9,12-13H2,1-2H3,(H,21,23). The van der Waals surface area contributed by atoms with Crippen molar-refractivity contribution in [2.75, 3.05) is 24.2 Å². The number of aryl methyl sites for hydroxylation is 1. The molecule has 1 atom stereocenters. The molecule has 126 valence electrons.